The van der Waals surface area contributed by atoms with Gasteiger partial charge in [0.2, 0.25) is 0 Å². The lowest BCUT2D eigenvalue weighted by molar-refractivity contribution is -0.150. The highest BCUT2D eigenvalue weighted by Crippen LogP contribution is 2.75. The Morgan fingerprint density at radius 1 is 1.11 bits per heavy atom. The van der Waals surface area contributed by atoms with Gasteiger partial charge in [0.1, 0.15) is 6.61 Å². The molecule has 0 unspecified atom stereocenters. The van der Waals surface area contributed by atoms with Gasteiger partial charge in [-0.3, -0.25) is 14.4 Å². The minimum Gasteiger partial charge on any atom is -0.458 e. The molecule has 4 fully saturated rings. The number of carbonyl (C=O) groups is 3. The molecule has 0 radical (unpaired) electrons. The van der Waals surface area contributed by atoms with E-state index >= 15 is 0 Å². The minimum absolute atomic E-state index is 0.0493. The van der Waals surface area contributed by atoms with Gasteiger partial charge in [0.25, 0.3) is 0 Å². The molecule has 0 saturated heterocycles. The Hall–Kier alpha value is -1.45. The van der Waals surface area contributed by atoms with Crippen LogP contribution in [0.4, 0.5) is 0 Å². The fourth-order valence-corrected chi connectivity index (χ4v) is 8.40. The summed E-state index contributed by atoms with van der Waals surface area (Å²) in [7, 11) is 0. The van der Waals surface area contributed by atoms with Crippen molar-refractivity contribution in [2.24, 2.45) is 46.3 Å². The van der Waals surface area contributed by atoms with Crippen molar-refractivity contribution in [2.45, 2.75) is 65.7 Å². The second-order valence-electron chi connectivity index (χ2n) is 10.7. The first kappa shape index (κ1) is 18.6. The molecule has 0 aromatic carbocycles. The van der Waals surface area contributed by atoms with Gasteiger partial charge >= 0.3 is 5.97 Å². The highest BCUT2D eigenvalue weighted by atomic mass is 16.5. The molecule has 5 aliphatic carbocycles. The molecule has 152 valence electrons. The zero-order valence-electron chi connectivity index (χ0n) is 17.3. The number of fused-ring (bicyclic) bond motifs is 7. The average molecular weight is 385 g/mol. The Balaban J connectivity index is 1.43. The maximum atomic E-state index is 13.0. The number of ketones is 2. The van der Waals surface area contributed by atoms with Crippen LogP contribution in [-0.4, -0.2) is 24.1 Å². The number of Topliss-reactive ketones (excluding diaryl/α,β-unsaturated/α-hetero) is 1. The first-order chi connectivity index (χ1) is 13.3. The normalized spacial score (nSPS) is 48.5. The van der Waals surface area contributed by atoms with Gasteiger partial charge in [-0.05, 0) is 85.0 Å². The van der Waals surface area contributed by atoms with E-state index in [0.29, 0.717) is 41.8 Å². The number of allylic oxidation sites excluding steroid dienone is 1. The SMILES string of the molecule is CC(=O)OCC(=O)[C@H]1[C@@H]2C[C@@H]2[C@H]2[C@@H]3CCC4=CC(=O)CC[C@]4(C)[C@H]3CC[C@@]21C. The third-order valence-electron chi connectivity index (χ3n) is 9.51. The Morgan fingerprint density at radius 2 is 1.89 bits per heavy atom. The molecular formula is C24H32O4. The lowest BCUT2D eigenvalue weighted by Gasteiger charge is -2.58. The molecule has 4 nitrogen and oxygen atoms in total. The van der Waals surface area contributed by atoms with Crippen molar-refractivity contribution < 1.29 is 19.1 Å². The van der Waals surface area contributed by atoms with Crippen LogP contribution in [0.15, 0.2) is 11.6 Å². The van der Waals surface area contributed by atoms with E-state index < -0.39 is 0 Å². The van der Waals surface area contributed by atoms with Crippen molar-refractivity contribution >= 4 is 17.5 Å². The smallest absolute Gasteiger partial charge is 0.303 e. The third kappa shape index (κ3) is 2.45. The van der Waals surface area contributed by atoms with Crippen LogP contribution in [0.5, 0.6) is 0 Å². The molecule has 0 N–H and O–H groups in total. The molecular weight excluding hydrogens is 352 g/mol. The van der Waals surface area contributed by atoms with Gasteiger partial charge in [-0.15, -0.1) is 0 Å². The van der Waals surface area contributed by atoms with Crippen LogP contribution in [-0.2, 0) is 19.1 Å². The van der Waals surface area contributed by atoms with E-state index in [9.17, 15) is 14.4 Å². The van der Waals surface area contributed by atoms with E-state index in [2.05, 4.69) is 13.8 Å². The Bertz CT molecular complexity index is 781. The molecule has 5 aliphatic rings. The van der Waals surface area contributed by atoms with E-state index in [1.165, 1.54) is 25.3 Å². The monoisotopic (exact) mass is 384 g/mol. The first-order valence-electron chi connectivity index (χ1n) is 11.2. The maximum Gasteiger partial charge on any atom is 0.303 e. The van der Waals surface area contributed by atoms with Gasteiger partial charge in [-0.25, -0.2) is 0 Å². The van der Waals surface area contributed by atoms with Gasteiger partial charge in [-0.1, -0.05) is 19.4 Å². The van der Waals surface area contributed by atoms with E-state index in [4.69, 9.17) is 4.74 Å². The van der Waals surface area contributed by atoms with Gasteiger partial charge in [-0.2, -0.15) is 0 Å². The second kappa shape index (κ2) is 6.03. The van der Waals surface area contributed by atoms with E-state index in [-0.39, 0.29) is 35.1 Å². The maximum absolute atomic E-state index is 13.0. The number of ether oxygens (including phenoxy) is 1. The van der Waals surface area contributed by atoms with Crippen molar-refractivity contribution in [1.29, 1.82) is 0 Å². The fraction of sp³-hybridized carbons (Fsp3) is 0.792. The summed E-state index contributed by atoms with van der Waals surface area (Å²) in [6.07, 6.45) is 9.33. The molecule has 5 rings (SSSR count). The number of carbonyl (C=O) groups excluding carboxylic acids is 3. The summed E-state index contributed by atoms with van der Waals surface area (Å²) in [6.45, 7) is 6.09. The standard InChI is InChI=1S/C24H32O4/c1-13(25)28-12-20(27)22-18-11-17(18)21-16-5-4-14-10-15(26)6-8-23(14,2)19(16)7-9-24(21,22)3/h10,16-19,21-22H,4-9,11-12H2,1-3H3/t16-,17+,18-,19+,21-,22-,23+,24+/m1/s1. The second-order valence-corrected chi connectivity index (χ2v) is 10.7. The predicted octanol–water partition coefficient (Wildman–Crippen LogP) is 4.12. The van der Waals surface area contributed by atoms with Crippen molar-refractivity contribution in [2.75, 3.05) is 6.61 Å². The highest BCUT2D eigenvalue weighted by molar-refractivity contribution is 5.91. The molecule has 0 spiro atoms. The van der Waals surface area contributed by atoms with Crippen LogP contribution in [0.25, 0.3) is 0 Å². The molecule has 28 heavy (non-hydrogen) atoms. The molecule has 4 heteroatoms. The average Bonchev–Trinajstić information content (AvgIpc) is 3.34. The van der Waals surface area contributed by atoms with Crippen molar-refractivity contribution in [3.63, 3.8) is 0 Å². The van der Waals surface area contributed by atoms with Crippen LogP contribution in [0.1, 0.15) is 65.7 Å². The summed E-state index contributed by atoms with van der Waals surface area (Å²) in [6, 6.07) is 0. The number of esters is 1. The van der Waals surface area contributed by atoms with Gasteiger partial charge in [0.15, 0.2) is 11.6 Å². The summed E-state index contributed by atoms with van der Waals surface area (Å²) in [4.78, 5) is 36.2. The Morgan fingerprint density at radius 3 is 2.64 bits per heavy atom. The topological polar surface area (TPSA) is 60.4 Å². The Kier molecular flexibility index (Phi) is 4.00. The van der Waals surface area contributed by atoms with E-state index in [1.54, 1.807) is 0 Å². The number of hydrogen-bond donors (Lipinski definition) is 0. The highest BCUT2D eigenvalue weighted by Gasteiger charge is 2.71. The largest absolute Gasteiger partial charge is 0.458 e. The third-order valence-corrected chi connectivity index (χ3v) is 9.51. The summed E-state index contributed by atoms with van der Waals surface area (Å²) in [5, 5.41) is 0. The van der Waals surface area contributed by atoms with E-state index in [1.807, 2.05) is 6.08 Å². The lowest BCUT2D eigenvalue weighted by Crippen LogP contribution is -2.52. The molecule has 0 aromatic heterocycles. The molecule has 0 aliphatic heterocycles. The Labute approximate surface area is 167 Å². The molecule has 0 bridgehead atoms. The van der Waals surface area contributed by atoms with Gasteiger partial charge in [0, 0.05) is 19.3 Å². The van der Waals surface area contributed by atoms with Crippen LogP contribution >= 0.6 is 0 Å². The van der Waals surface area contributed by atoms with Gasteiger partial charge < -0.3 is 4.74 Å². The van der Waals surface area contributed by atoms with Crippen LogP contribution in [0, 0.1) is 46.3 Å². The lowest BCUT2D eigenvalue weighted by atomic mass is 9.46. The summed E-state index contributed by atoms with van der Waals surface area (Å²) in [5.41, 5.74) is 1.65. The predicted molar refractivity (Wildman–Crippen MR) is 104 cm³/mol. The van der Waals surface area contributed by atoms with Crippen LogP contribution in [0.2, 0.25) is 0 Å². The fourth-order valence-electron chi connectivity index (χ4n) is 8.40. The van der Waals surface area contributed by atoms with Crippen LogP contribution in [0.3, 0.4) is 0 Å². The summed E-state index contributed by atoms with van der Waals surface area (Å²) >= 11 is 0. The van der Waals surface area contributed by atoms with Crippen molar-refractivity contribution in [3.05, 3.63) is 11.6 Å². The molecule has 4 saturated carbocycles. The van der Waals surface area contributed by atoms with Crippen molar-refractivity contribution in [3.8, 4) is 0 Å². The molecule has 8 atom stereocenters. The summed E-state index contributed by atoms with van der Waals surface area (Å²) < 4.78 is 5.08. The zero-order valence-corrected chi connectivity index (χ0v) is 17.3. The first-order valence-corrected chi connectivity index (χ1v) is 11.2. The zero-order chi connectivity index (χ0) is 19.8. The number of hydrogen-bond acceptors (Lipinski definition) is 4. The summed E-state index contributed by atoms with van der Waals surface area (Å²) in [5.74, 6) is 3.31. The van der Waals surface area contributed by atoms with Crippen molar-refractivity contribution in [1.82, 2.24) is 0 Å². The molecule has 0 aromatic rings. The van der Waals surface area contributed by atoms with E-state index in [0.717, 1.165) is 25.7 Å². The van der Waals surface area contributed by atoms with Crippen LogP contribution < -0.4 is 0 Å². The minimum atomic E-state index is -0.365. The molecule has 0 heterocycles. The quantitative estimate of drug-likeness (QED) is 0.687. The van der Waals surface area contributed by atoms with Gasteiger partial charge in [0.05, 0.1) is 0 Å². The molecule has 0 amide bonds. The number of rotatable bonds is 3.